The van der Waals surface area contributed by atoms with Gasteiger partial charge in [0.1, 0.15) is 5.75 Å². The van der Waals surface area contributed by atoms with Crippen LogP contribution in [-0.4, -0.2) is 22.1 Å². The molecule has 1 saturated heterocycles. The molecule has 4 rings (SSSR count). The highest BCUT2D eigenvalue weighted by molar-refractivity contribution is 5.72. The van der Waals surface area contributed by atoms with Gasteiger partial charge >= 0.3 is 0 Å². The number of nitrogens with zero attached hydrogens (tertiary/aromatic N) is 1. The Labute approximate surface area is 138 Å². The predicted molar refractivity (Wildman–Crippen MR) is 94.1 cm³/mol. The first kappa shape index (κ1) is 14.5. The van der Waals surface area contributed by atoms with Crippen LogP contribution in [0, 0.1) is 0 Å². The van der Waals surface area contributed by atoms with Gasteiger partial charge in [-0.2, -0.15) is 0 Å². The molecule has 2 bridgehead atoms. The number of phenolic OH excluding ortho intramolecular Hbond substituents is 1. The second-order valence-electron chi connectivity index (χ2n) is 6.72. The Bertz CT molecular complexity index is 707. The standard InChI is InChI=1S/C21H23NO/c23-21-12-5-4-11-20(21)17-13-18-9-6-10-19(14-17)22(18)15-16-7-2-1-3-8-16/h1-5,7-8,11-13,18-19,23H,6,9-10,14-15H2. The molecule has 2 heteroatoms. The highest BCUT2D eigenvalue weighted by atomic mass is 16.3. The van der Waals surface area contributed by atoms with Gasteiger partial charge in [0.25, 0.3) is 0 Å². The van der Waals surface area contributed by atoms with E-state index in [1.807, 2.05) is 18.2 Å². The van der Waals surface area contributed by atoms with E-state index in [0.717, 1.165) is 18.5 Å². The van der Waals surface area contributed by atoms with Gasteiger partial charge in [0, 0.05) is 24.2 Å². The van der Waals surface area contributed by atoms with Crippen LogP contribution in [0.3, 0.4) is 0 Å². The zero-order chi connectivity index (χ0) is 15.6. The molecule has 0 spiro atoms. The molecule has 0 saturated carbocycles. The van der Waals surface area contributed by atoms with Crippen molar-refractivity contribution in [1.29, 1.82) is 0 Å². The van der Waals surface area contributed by atoms with E-state index in [1.165, 1.54) is 30.4 Å². The van der Waals surface area contributed by atoms with Crippen LogP contribution < -0.4 is 0 Å². The van der Waals surface area contributed by atoms with Crippen LogP contribution in [0.1, 0.15) is 36.8 Å². The third-order valence-corrected chi connectivity index (χ3v) is 5.24. The summed E-state index contributed by atoms with van der Waals surface area (Å²) in [5, 5.41) is 10.2. The average molecular weight is 305 g/mol. The maximum Gasteiger partial charge on any atom is 0.123 e. The van der Waals surface area contributed by atoms with Gasteiger partial charge in [0.15, 0.2) is 0 Å². The van der Waals surface area contributed by atoms with Crippen LogP contribution in [0.4, 0.5) is 0 Å². The van der Waals surface area contributed by atoms with Crippen molar-refractivity contribution in [3.8, 4) is 5.75 Å². The number of para-hydroxylation sites is 1. The average Bonchev–Trinajstić information content (AvgIpc) is 2.56. The molecule has 1 fully saturated rings. The van der Waals surface area contributed by atoms with Crippen molar-refractivity contribution in [2.45, 2.75) is 44.3 Å². The SMILES string of the molecule is Oc1ccccc1C1=CC2CCCC(C1)N2Cc1ccccc1. The summed E-state index contributed by atoms with van der Waals surface area (Å²) < 4.78 is 0. The summed E-state index contributed by atoms with van der Waals surface area (Å²) in [5.74, 6) is 0.410. The normalized spacial score (nSPS) is 24.3. The molecule has 23 heavy (non-hydrogen) atoms. The third-order valence-electron chi connectivity index (χ3n) is 5.24. The number of rotatable bonds is 3. The predicted octanol–water partition coefficient (Wildman–Crippen LogP) is 4.60. The minimum absolute atomic E-state index is 0.410. The van der Waals surface area contributed by atoms with Gasteiger partial charge in [-0.05, 0) is 36.5 Å². The summed E-state index contributed by atoms with van der Waals surface area (Å²) >= 11 is 0. The molecule has 2 aliphatic heterocycles. The van der Waals surface area contributed by atoms with Crippen molar-refractivity contribution in [1.82, 2.24) is 4.90 Å². The van der Waals surface area contributed by atoms with Gasteiger partial charge < -0.3 is 5.11 Å². The highest BCUT2D eigenvalue weighted by Crippen LogP contribution is 2.39. The van der Waals surface area contributed by atoms with Gasteiger partial charge in [-0.1, -0.05) is 61.0 Å². The maximum atomic E-state index is 10.2. The lowest BCUT2D eigenvalue weighted by atomic mass is 9.82. The third kappa shape index (κ3) is 2.91. The monoisotopic (exact) mass is 305 g/mol. The van der Waals surface area contributed by atoms with Gasteiger partial charge in [0.05, 0.1) is 0 Å². The summed E-state index contributed by atoms with van der Waals surface area (Å²) in [4.78, 5) is 2.66. The van der Waals surface area contributed by atoms with Crippen molar-refractivity contribution < 1.29 is 5.11 Å². The summed E-state index contributed by atoms with van der Waals surface area (Å²) in [7, 11) is 0. The summed E-state index contributed by atoms with van der Waals surface area (Å²) in [6.45, 7) is 1.03. The van der Waals surface area contributed by atoms with Crippen molar-refractivity contribution in [3.63, 3.8) is 0 Å². The minimum Gasteiger partial charge on any atom is -0.507 e. The van der Waals surface area contributed by atoms with E-state index in [2.05, 4.69) is 41.3 Å². The molecule has 0 aliphatic carbocycles. The van der Waals surface area contributed by atoms with Gasteiger partial charge in [-0.15, -0.1) is 0 Å². The molecule has 2 unspecified atom stereocenters. The fourth-order valence-corrected chi connectivity index (χ4v) is 4.10. The quantitative estimate of drug-likeness (QED) is 0.895. The van der Waals surface area contributed by atoms with Crippen molar-refractivity contribution in [2.24, 2.45) is 0 Å². The smallest absolute Gasteiger partial charge is 0.123 e. The lowest BCUT2D eigenvalue weighted by molar-refractivity contribution is 0.0951. The molecule has 2 aliphatic rings. The summed E-state index contributed by atoms with van der Waals surface area (Å²) in [6, 6.07) is 19.6. The van der Waals surface area contributed by atoms with Crippen LogP contribution in [0.5, 0.6) is 5.75 Å². The molecule has 2 aromatic carbocycles. The van der Waals surface area contributed by atoms with Crippen LogP contribution in [-0.2, 0) is 6.54 Å². The molecule has 0 amide bonds. The minimum atomic E-state index is 0.410. The van der Waals surface area contributed by atoms with Crippen molar-refractivity contribution >= 4 is 5.57 Å². The Morgan fingerprint density at radius 3 is 2.52 bits per heavy atom. The molecule has 118 valence electrons. The topological polar surface area (TPSA) is 23.5 Å². The fourth-order valence-electron chi connectivity index (χ4n) is 4.10. The molecular weight excluding hydrogens is 282 g/mol. The molecule has 0 aromatic heterocycles. The van der Waals surface area contributed by atoms with E-state index in [9.17, 15) is 5.11 Å². The second-order valence-corrected chi connectivity index (χ2v) is 6.72. The fraction of sp³-hybridized carbons (Fsp3) is 0.333. The molecular formula is C21H23NO. The molecule has 2 atom stereocenters. The zero-order valence-corrected chi connectivity index (χ0v) is 13.4. The molecule has 0 radical (unpaired) electrons. The first-order valence-electron chi connectivity index (χ1n) is 8.60. The van der Waals surface area contributed by atoms with Crippen molar-refractivity contribution in [2.75, 3.05) is 0 Å². The Morgan fingerprint density at radius 2 is 1.74 bits per heavy atom. The van der Waals surface area contributed by atoms with E-state index < -0.39 is 0 Å². The summed E-state index contributed by atoms with van der Waals surface area (Å²) in [6.07, 6.45) is 7.23. The van der Waals surface area contributed by atoms with Crippen LogP contribution in [0.25, 0.3) is 5.57 Å². The Hall–Kier alpha value is -2.06. The number of aromatic hydroxyl groups is 1. The van der Waals surface area contributed by atoms with Gasteiger partial charge in [-0.25, -0.2) is 0 Å². The Kier molecular flexibility index (Phi) is 3.92. The number of fused-ring (bicyclic) bond motifs is 2. The number of benzene rings is 2. The van der Waals surface area contributed by atoms with Crippen LogP contribution in [0.15, 0.2) is 60.7 Å². The van der Waals surface area contributed by atoms with E-state index in [-0.39, 0.29) is 0 Å². The number of phenols is 1. The number of hydrogen-bond acceptors (Lipinski definition) is 2. The summed E-state index contributed by atoms with van der Waals surface area (Å²) in [5.41, 5.74) is 3.73. The second kappa shape index (κ2) is 6.21. The first-order chi connectivity index (χ1) is 11.3. The van der Waals surface area contributed by atoms with Gasteiger partial charge in [0.2, 0.25) is 0 Å². The first-order valence-corrected chi connectivity index (χ1v) is 8.60. The zero-order valence-electron chi connectivity index (χ0n) is 13.4. The molecule has 2 heterocycles. The van der Waals surface area contributed by atoms with Gasteiger partial charge in [-0.3, -0.25) is 4.90 Å². The van der Waals surface area contributed by atoms with E-state index >= 15 is 0 Å². The Balaban J connectivity index is 1.62. The van der Waals surface area contributed by atoms with E-state index in [1.54, 1.807) is 6.07 Å². The van der Waals surface area contributed by atoms with Crippen molar-refractivity contribution in [3.05, 3.63) is 71.8 Å². The lowest BCUT2D eigenvalue weighted by Crippen LogP contribution is -2.47. The number of hydrogen-bond donors (Lipinski definition) is 1. The Morgan fingerprint density at radius 1 is 0.957 bits per heavy atom. The highest BCUT2D eigenvalue weighted by Gasteiger charge is 2.34. The molecule has 1 N–H and O–H groups in total. The van der Waals surface area contributed by atoms with Crippen LogP contribution >= 0.6 is 0 Å². The largest absolute Gasteiger partial charge is 0.507 e. The lowest BCUT2D eigenvalue weighted by Gasteiger charge is -2.45. The molecule has 2 nitrogen and oxygen atoms in total. The maximum absolute atomic E-state index is 10.2. The van der Waals surface area contributed by atoms with Crippen LogP contribution in [0.2, 0.25) is 0 Å². The molecule has 2 aromatic rings. The number of piperidine rings is 1. The van der Waals surface area contributed by atoms with E-state index in [0.29, 0.717) is 17.8 Å². The van der Waals surface area contributed by atoms with E-state index in [4.69, 9.17) is 0 Å².